The molecule has 0 bridgehead atoms. The molecular formula is C5H14N2O3. The quantitative estimate of drug-likeness (QED) is 0.430. The van der Waals surface area contributed by atoms with Crippen LogP contribution in [0.3, 0.4) is 0 Å². The maximum Gasteiger partial charge on any atom is 0.436 e. The molecule has 0 rings (SSSR count). The summed E-state index contributed by atoms with van der Waals surface area (Å²) in [5, 5.41) is 0. The third-order valence-electron chi connectivity index (χ3n) is 0.374. The zero-order valence-electron chi connectivity index (χ0n) is 6.51. The van der Waals surface area contributed by atoms with Gasteiger partial charge in [-0.05, 0) is 20.8 Å². The molecule has 5 N–H and O–H groups in total. The molecule has 0 fully saturated rings. The van der Waals surface area contributed by atoms with E-state index in [1.165, 1.54) is 0 Å². The van der Waals surface area contributed by atoms with Crippen LogP contribution in [0.25, 0.3) is 0 Å². The Morgan fingerprint density at radius 1 is 1.40 bits per heavy atom. The molecule has 0 unspecified atom stereocenters. The fourth-order valence-corrected chi connectivity index (χ4v) is 0.166. The van der Waals surface area contributed by atoms with E-state index in [1.54, 1.807) is 20.8 Å². The van der Waals surface area contributed by atoms with Crippen molar-refractivity contribution in [2.75, 3.05) is 0 Å². The highest BCUT2D eigenvalue weighted by molar-refractivity contribution is 5.63. The number of rotatable bonds is 1. The van der Waals surface area contributed by atoms with Crippen molar-refractivity contribution in [3.05, 3.63) is 0 Å². The van der Waals surface area contributed by atoms with Crippen molar-refractivity contribution in [1.82, 2.24) is 6.15 Å². The highest BCUT2D eigenvalue weighted by atomic mass is 17.2. The van der Waals surface area contributed by atoms with Gasteiger partial charge in [0.15, 0.2) is 0 Å². The van der Waals surface area contributed by atoms with E-state index in [1.807, 2.05) is 0 Å². The summed E-state index contributed by atoms with van der Waals surface area (Å²) in [6, 6.07) is 0. The van der Waals surface area contributed by atoms with E-state index < -0.39 is 11.7 Å². The minimum Gasteiger partial charge on any atom is -0.344 e. The van der Waals surface area contributed by atoms with Crippen LogP contribution in [0.4, 0.5) is 4.79 Å². The molecule has 0 aromatic heterocycles. The van der Waals surface area contributed by atoms with Gasteiger partial charge in [0.2, 0.25) is 0 Å². The lowest BCUT2D eigenvalue weighted by molar-refractivity contribution is -0.298. The normalized spacial score (nSPS) is 9.90. The third-order valence-corrected chi connectivity index (χ3v) is 0.374. The van der Waals surface area contributed by atoms with E-state index in [0.717, 1.165) is 0 Å². The minimum absolute atomic E-state index is 0. The van der Waals surface area contributed by atoms with Crippen molar-refractivity contribution in [1.29, 1.82) is 0 Å². The van der Waals surface area contributed by atoms with Gasteiger partial charge in [0.1, 0.15) is 5.60 Å². The van der Waals surface area contributed by atoms with Crippen molar-refractivity contribution < 1.29 is 14.6 Å². The Morgan fingerprint density at radius 3 is 1.90 bits per heavy atom. The number of hydrogen-bond acceptors (Lipinski definition) is 4. The SMILES string of the molecule is CC(C)(C)OOC(N)=O.N. The zero-order valence-corrected chi connectivity index (χ0v) is 6.51. The Balaban J connectivity index is 0. The van der Waals surface area contributed by atoms with E-state index in [-0.39, 0.29) is 6.15 Å². The second-order valence-corrected chi connectivity index (χ2v) is 2.60. The first-order valence-corrected chi connectivity index (χ1v) is 2.57. The third kappa shape index (κ3) is 10.2. The van der Waals surface area contributed by atoms with Gasteiger partial charge in [-0.25, -0.2) is 4.79 Å². The van der Waals surface area contributed by atoms with Crippen molar-refractivity contribution in [3.63, 3.8) is 0 Å². The molecule has 0 aliphatic rings. The molecule has 62 valence electrons. The molecule has 0 aromatic rings. The first-order valence-electron chi connectivity index (χ1n) is 2.57. The average Bonchev–Trinajstić information content (AvgIpc) is 1.59. The Kier molecular flexibility index (Phi) is 4.86. The molecule has 0 saturated carbocycles. The highest BCUT2D eigenvalue weighted by Crippen LogP contribution is 2.05. The van der Waals surface area contributed by atoms with Gasteiger partial charge in [0.05, 0.1) is 0 Å². The Labute approximate surface area is 60.0 Å². The van der Waals surface area contributed by atoms with Crippen LogP contribution < -0.4 is 11.9 Å². The number of carbonyl (C=O) groups excluding carboxylic acids is 1. The van der Waals surface area contributed by atoms with E-state index in [4.69, 9.17) is 0 Å². The van der Waals surface area contributed by atoms with Gasteiger partial charge < -0.3 is 11.9 Å². The lowest BCUT2D eigenvalue weighted by Crippen LogP contribution is -2.24. The number of carbonyl (C=O) groups is 1. The van der Waals surface area contributed by atoms with Gasteiger partial charge in [-0.3, -0.25) is 4.89 Å². The maximum absolute atomic E-state index is 9.92. The smallest absolute Gasteiger partial charge is 0.344 e. The molecule has 0 aromatic carbocycles. The van der Waals surface area contributed by atoms with Gasteiger partial charge in [0.25, 0.3) is 0 Å². The van der Waals surface area contributed by atoms with Crippen molar-refractivity contribution in [3.8, 4) is 0 Å². The van der Waals surface area contributed by atoms with Gasteiger partial charge in [-0.2, -0.15) is 4.89 Å². The standard InChI is InChI=1S/C5H11NO3.H3N/c1-5(2,3)9-8-4(6)7;/h1-3H3,(H2,6,7);1H3. The summed E-state index contributed by atoms with van der Waals surface area (Å²) in [5.74, 6) is 0. The summed E-state index contributed by atoms with van der Waals surface area (Å²) in [6.45, 7) is 5.24. The fraction of sp³-hybridized carbons (Fsp3) is 0.800. The molecule has 5 heteroatoms. The van der Waals surface area contributed by atoms with Crippen molar-refractivity contribution in [2.45, 2.75) is 26.4 Å². The highest BCUT2D eigenvalue weighted by Gasteiger charge is 2.12. The molecule has 0 saturated heterocycles. The summed E-state index contributed by atoms with van der Waals surface area (Å²) in [6.07, 6.45) is -0.926. The van der Waals surface area contributed by atoms with Crippen LogP contribution in [0, 0.1) is 0 Å². The second kappa shape index (κ2) is 4.08. The largest absolute Gasteiger partial charge is 0.436 e. The zero-order chi connectivity index (χ0) is 7.49. The molecule has 5 nitrogen and oxygen atoms in total. The Bertz CT molecular complexity index is 108. The molecule has 0 heterocycles. The topological polar surface area (TPSA) is 96.6 Å². The Hall–Kier alpha value is -0.810. The van der Waals surface area contributed by atoms with Crippen molar-refractivity contribution in [2.24, 2.45) is 5.73 Å². The van der Waals surface area contributed by atoms with Crippen LogP contribution in [0.15, 0.2) is 0 Å². The predicted octanol–water partition coefficient (Wildman–Crippen LogP) is 0.974. The lowest BCUT2D eigenvalue weighted by Gasteiger charge is -2.14. The van der Waals surface area contributed by atoms with Gasteiger partial charge >= 0.3 is 6.09 Å². The van der Waals surface area contributed by atoms with Crippen LogP contribution in [-0.2, 0) is 9.78 Å². The summed E-state index contributed by atoms with van der Waals surface area (Å²) < 4.78 is 0. The first-order chi connectivity index (χ1) is 3.92. The summed E-state index contributed by atoms with van der Waals surface area (Å²) >= 11 is 0. The van der Waals surface area contributed by atoms with Crippen molar-refractivity contribution >= 4 is 6.09 Å². The molecule has 10 heavy (non-hydrogen) atoms. The summed E-state index contributed by atoms with van der Waals surface area (Å²) in [4.78, 5) is 18.5. The molecular weight excluding hydrogens is 136 g/mol. The molecule has 0 atom stereocenters. The average molecular weight is 150 g/mol. The predicted molar refractivity (Wildman–Crippen MR) is 36.5 cm³/mol. The van der Waals surface area contributed by atoms with Crippen LogP contribution in [0.1, 0.15) is 20.8 Å². The van der Waals surface area contributed by atoms with Gasteiger partial charge in [-0.1, -0.05) is 0 Å². The number of hydrogen-bond donors (Lipinski definition) is 2. The molecule has 0 aliphatic carbocycles. The van der Waals surface area contributed by atoms with E-state index in [2.05, 4.69) is 15.5 Å². The minimum atomic E-state index is -0.926. The van der Waals surface area contributed by atoms with Crippen LogP contribution in [0.2, 0.25) is 0 Å². The lowest BCUT2D eigenvalue weighted by atomic mass is 10.2. The number of nitrogens with two attached hydrogens (primary N) is 1. The van der Waals surface area contributed by atoms with E-state index in [9.17, 15) is 4.79 Å². The molecule has 0 spiro atoms. The van der Waals surface area contributed by atoms with Crippen LogP contribution in [-0.4, -0.2) is 11.7 Å². The fourth-order valence-electron chi connectivity index (χ4n) is 0.166. The monoisotopic (exact) mass is 150 g/mol. The molecule has 0 radical (unpaired) electrons. The Morgan fingerprint density at radius 2 is 1.80 bits per heavy atom. The molecule has 0 aliphatic heterocycles. The van der Waals surface area contributed by atoms with E-state index in [0.29, 0.717) is 0 Å². The van der Waals surface area contributed by atoms with Crippen LogP contribution >= 0.6 is 0 Å². The number of amides is 1. The van der Waals surface area contributed by atoms with Crippen LogP contribution in [0.5, 0.6) is 0 Å². The molecule has 1 amide bonds. The van der Waals surface area contributed by atoms with Gasteiger partial charge in [-0.15, -0.1) is 0 Å². The summed E-state index contributed by atoms with van der Waals surface area (Å²) in [7, 11) is 0. The maximum atomic E-state index is 9.92. The second-order valence-electron chi connectivity index (χ2n) is 2.60. The number of primary amides is 1. The first kappa shape index (κ1) is 11.9. The van der Waals surface area contributed by atoms with Gasteiger partial charge in [0, 0.05) is 0 Å². The van der Waals surface area contributed by atoms with E-state index >= 15 is 0 Å². The summed E-state index contributed by atoms with van der Waals surface area (Å²) in [5.41, 5.74) is 4.12.